The maximum Gasteiger partial charge on any atom is 0.124 e. The molecular formula is C15H16Cl2FNS. The zero-order valence-electron chi connectivity index (χ0n) is 11.1. The average Bonchev–Trinajstić information content (AvgIpc) is 2.83. The van der Waals surface area contributed by atoms with E-state index in [1.807, 2.05) is 11.4 Å². The number of nitrogens with one attached hydrogen (secondary N) is 1. The van der Waals surface area contributed by atoms with E-state index < -0.39 is 0 Å². The molecule has 2 rings (SSSR count). The SMILES string of the molecule is CCCNC(Cc1ccc(F)cc1Cl)c1sccc1Cl. The molecular weight excluding hydrogens is 316 g/mol. The minimum atomic E-state index is -0.314. The molecule has 1 aromatic heterocycles. The molecule has 1 unspecified atom stereocenters. The van der Waals surface area contributed by atoms with Crippen molar-refractivity contribution in [2.45, 2.75) is 25.8 Å². The first-order valence-electron chi connectivity index (χ1n) is 6.52. The molecule has 1 aromatic carbocycles. The van der Waals surface area contributed by atoms with Gasteiger partial charge in [-0.05, 0) is 48.5 Å². The number of benzene rings is 1. The lowest BCUT2D eigenvalue weighted by Gasteiger charge is -2.18. The lowest BCUT2D eigenvalue weighted by Crippen LogP contribution is -2.23. The van der Waals surface area contributed by atoms with E-state index in [-0.39, 0.29) is 11.9 Å². The summed E-state index contributed by atoms with van der Waals surface area (Å²) in [6.07, 6.45) is 1.73. The summed E-state index contributed by atoms with van der Waals surface area (Å²) in [7, 11) is 0. The van der Waals surface area contributed by atoms with Gasteiger partial charge in [0.1, 0.15) is 5.82 Å². The molecule has 108 valence electrons. The van der Waals surface area contributed by atoms with E-state index in [0.29, 0.717) is 11.4 Å². The Labute approximate surface area is 132 Å². The van der Waals surface area contributed by atoms with Crippen LogP contribution in [-0.4, -0.2) is 6.54 Å². The summed E-state index contributed by atoms with van der Waals surface area (Å²) < 4.78 is 13.1. The van der Waals surface area contributed by atoms with Crippen molar-refractivity contribution in [3.05, 3.63) is 55.9 Å². The predicted octanol–water partition coefficient (Wildman–Crippen LogP) is 5.48. The van der Waals surface area contributed by atoms with Gasteiger partial charge in [0.15, 0.2) is 0 Å². The Balaban J connectivity index is 2.21. The predicted molar refractivity (Wildman–Crippen MR) is 85.5 cm³/mol. The molecule has 0 amide bonds. The third kappa shape index (κ3) is 3.95. The minimum Gasteiger partial charge on any atom is -0.309 e. The fourth-order valence-corrected chi connectivity index (χ4v) is 3.55. The second kappa shape index (κ2) is 7.41. The fraction of sp³-hybridized carbons (Fsp3) is 0.333. The third-order valence-electron chi connectivity index (χ3n) is 3.04. The summed E-state index contributed by atoms with van der Waals surface area (Å²) in [5.41, 5.74) is 0.922. The quantitative estimate of drug-likeness (QED) is 0.739. The highest BCUT2D eigenvalue weighted by Gasteiger charge is 2.17. The molecule has 5 heteroatoms. The van der Waals surface area contributed by atoms with Crippen molar-refractivity contribution in [1.82, 2.24) is 5.32 Å². The van der Waals surface area contributed by atoms with E-state index in [1.165, 1.54) is 12.1 Å². The topological polar surface area (TPSA) is 12.0 Å². The van der Waals surface area contributed by atoms with Gasteiger partial charge >= 0.3 is 0 Å². The Morgan fingerprint density at radius 2 is 2.05 bits per heavy atom. The maximum atomic E-state index is 13.1. The first-order chi connectivity index (χ1) is 9.61. The van der Waals surface area contributed by atoms with Crippen molar-refractivity contribution in [2.75, 3.05) is 6.54 Å². The van der Waals surface area contributed by atoms with Crippen LogP contribution in [0, 0.1) is 5.82 Å². The number of hydrogen-bond acceptors (Lipinski definition) is 2. The van der Waals surface area contributed by atoms with Crippen LogP contribution in [0.15, 0.2) is 29.6 Å². The van der Waals surface area contributed by atoms with E-state index in [4.69, 9.17) is 23.2 Å². The van der Waals surface area contributed by atoms with Crippen LogP contribution in [0.3, 0.4) is 0 Å². The van der Waals surface area contributed by atoms with Gasteiger partial charge in [0.2, 0.25) is 0 Å². The fourth-order valence-electron chi connectivity index (χ4n) is 2.04. The molecule has 0 aliphatic carbocycles. The molecule has 1 nitrogen and oxygen atoms in total. The summed E-state index contributed by atoms with van der Waals surface area (Å²) in [4.78, 5) is 1.10. The zero-order chi connectivity index (χ0) is 14.5. The highest BCUT2D eigenvalue weighted by atomic mass is 35.5. The van der Waals surface area contributed by atoms with E-state index in [9.17, 15) is 4.39 Å². The van der Waals surface area contributed by atoms with Gasteiger partial charge in [-0.3, -0.25) is 0 Å². The second-order valence-corrected chi connectivity index (χ2v) is 6.34. The van der Waals surface area contributed by atoms with Gasteiger partial charge in [-0.2, -0.15) is 0 Å². The average molecular weight is 332 g/mol. The van der Waals surface area contributed by atoms with Crippen molar-refractivity contribution in [3.63, 3.8) is 0 Å². The molecule has 1 N–H and O–H groups in total. The van der Waals surface area contributed by atoms with Gasteiger partial charge in [0, 0.05) is 15.9 Å². The van der Waals surface area contributed by atoms with Crippen molar-refractivity contribution in [1.29, 1.82) is 0 Å². The number of halogens is 3. The molecule has 20 heavy (non-hydrogen) atoms. The summed E-state index contributed by atoms with van der Waals surface area (Å²) in [5, 5.41) is 6.68. The summed E-state index contributed by atoms with van der Waals surface area (Å²) >= 11 is 14.0. The first-order valence-corrected chi connectivity index (χ1v) is 8.15. The van der Waals surface area contributed by atoms with Gasteiger partial charge < -0.3 is 5.32 Å². The Bertz CT molecular complexity index is 571. The van der Waals surface area contributed by atoms with E-state index >= 15 is 0 Å². The number of rotatable bonds is 6. The van der Waals surface area contributed by atoms with Gasteiger partial charge in [-0.15, -0.1) is 11.3 Å². The van der Waals surface area contributed by atoms with Crippen LogP contribution in [0.1, 0.15) is 29.8 Å². The normalized spacial score (nSPS) is 12.6. The van der Waals surface area contributed by atoms with E-state index in [0.717, 1.165) is 28.4 Å². The van der Waals surface area contributed by atoms with Crippen LogP contribution in [0.5, 0.6) is 0 Å². The Kier molecular flexibility index (Phi) is 5.85. The van der Waals surface area contributed by atoms with Crippen LogP contribution in [0.2, 0.25) is 10.0 Å². The monoisotopic (exact) mass is 331 g/mol. The van der Waals surface area contributed by atoms with Crippen LogP contribution in [-0.2, 0) is 6.42 Å². The summed E-state index contributed by atoms with van der Waals surface area (Å²) in [5.74, 6) is -0.314. The molecule has 1 heterocycles. The van der Waals surface area contributed by atoms with E-state index in [2.05, 4.69) is 12.2 Å². The van der Waals surface area contributed by atoms with Crippen LogP contribution in [0.25, 0.3) is 0 Å². The lowest BCUT2D eigenvalue weighted by molar-refractivity contribution is 0.536. The molecule has 0 aliphatic heterocycles. The Morgan fingerprint density at radius 3 is 2.65 bits per heavy atom. The highest BCUT2D eigenvalue weighted by Crippen LogP contribution is 2.32. The van der Waals surface area contributed by atoms with Gasteiger partial charge in [-0.1, -0.05) is 36.2 Å². The molecule has 0 bridgehead atoms. The molecule has 0 saturated carbocycles. The van der Waals surface area contributed by atoms with Gasteiger partial charge in [-0.25, -0.2) is 4.39 Å². The van der Waals surface area contributed by atoms with Crippen LogP contribution < -0.4 is 5.32 Å². The summed E-state index contributed by atoms with van der Waals surface area (Å²) in [6, 6.07) is 6.53. The van der Waals surface area contributed by atoms with Crippen molar-refractivity contribution in [3.8, 4) is 0 Å². The van der Waals surface area contributed by atoms with Crippen LogP contribution >= 0.6 is 34.5 Å². The van der Waals surface area contributed by atoms with Crippen molar-refractivity contribution < 1.29 is 4.39 Å². The molecule has 0 saturated heterocycles. The lowest BCUT2D eigenvalue weighted by atomic mass is 10.0. The molecule has 0 radical (unpaired) electrons. The van der Waals surface area contributed by atoms with Crippen LogP contribution in [0.4, 0.5) is 4.39 Å². The minimum absolute atomic E-state index is 0.102. The molecule has 0 aliphatic rings. The molecule has 1 atom stereocenters. The first kappa shape index (κ1) is 15.8. The van der Waals surface area contributed by atoms with E-state index in [1.54, 1.807) is 17.4 Å². The third-order valence-corrected chi connectivity index (χ3v) is 4.87. The molecule has 0 fully saturated rings. The molecule has 2 aromatic rings. The van der Waals surface area contributed by atoms with Gasteiger partial charge in [0.05, 0.1) is 5.02 Å². The van der Waals surface area contributed by atoms with Gasteiger partial charge in [0.25, 0.3) is 0 Å². The second-order valence-electron chi connectivity index (χ2n) is 4.58. The standard InChI is InChI=1S/C15H16Cl2FNS/c1-2-6-19-14(15-12(16)5-7-20-15)8-10-3-4-11(18)9-13(10)17/h3-5,7,9,14,19H,2,6,8H2,1H3. The zero-order valence-corrected chi connectivity index (χ0v) is 13.5. The number of hydrogen-bond donors (Lipinski definition) is 1. The Hall–Kier alpha value is -0.610. The largest absolute Gasteiger partial charge is 0.309 e. The summed E-state index contributed by atoms with van der Waals surface area (Å²) in [6.45, 7) is 3.02. The molecule has 0 spiro atoms. The number of thiophene rings is 1. The Morgan fingerprint density at radius 1 is 1.25 bits per heavy atom. The van der Waals surface area contributed by atoms with Crippen molar-refractivity contribution >= 4 is 34.5 Å². The van der Waals surface area contributed by atoms with Crippen molar-refractivity contribution in [2.24, 2.45) is 0 Å². The smallest absolute Gasteiger partial charge is 0.124 e. The highest BCUT2D eigenvalue weighted by molar-refractivity contribution is 7.10. The maximum absolute atomic E-state index is 13.1.